The Morgan fingerprint density at radius 2 is 1.92 bits per heavy atom. The number of sulfonamides is 1. The summed E-state index contributed by atoms with van der Waals surface area (Å²) in [5.74, 6) is 0.128. The lowest BCUT2D eigenvalue weighted by Crippen LogP contribution is -2.44. The van der Waals surface area contributed by atoms with Crippen molar-refractivity contribution in [3.8, 4) is 5.75 Å². The van der Waals surface area contributed by atoms with Gasteiger partial charge in [-0.15, -0.1) is 0 Å². The van der Waals surface area contributed by atoms with Crippen LogP contribution in [0.1, 0.15) is 73.4 Å². The largest absolute Gasteiger partial charge is 0.487 e. The lowest BCUT2D eigenvalue weighted by Gasteiger charge is -2.44. The minimum atomic E-state index is -3.95. The van der Waals surface area contributed by atoms with Gasteiger partial charge in [-0.3, -0.25) is 14.6 Å². The van der Waals surface area contributed by atoms with Crippen molar-refractivity contribution < 1.29 is 27.5 Å². The smallest absolute Gasteiger partial charge is 0.264 e. The highest BCUT2D eigenvalue weighted by atomic mass is 35.5. The fraction of sp³-hybridized carbons (Fsp3) is 0.447. The quantitative estimate of drug-likeness (QED) is 0.279. The van der Waals surface area contributed by atoms with Crippen LogP contribution < -0.4 is 19.7 Å². The molecule has 6 rings (SSSR count). The highest BCUT2D eigenvalue weighted by molar-refractivity contribution is 7.90. The molecule has 3 heterocycles. The highest BCUT2D eigenvalue weighted by Crippen LogP contribution is 2.42. The Kier molecular flexibility index (Phi) is 11.8. The van der Waals surface area contributed by atoms with Gasteiger partial charge in [-0.1, -0.05) is 36.7 Å². The first-order chi connectivity index (χ1) is 24.2. The van der Waals surface area contributed by atoms with Gasteiger partial charge in [0.2, 0.25) is 15.9 Å². The molecular formula is C38H45ClN4O6S. The SMILES string of the molecule is CC[C@@H]1CC/C=C/[C@H](OCC(=O)Nc2ccncc2)[C@@H]2CC[C@H]2CN2CCCCc3cc(Cl)ccc3COc3ccc(cc32)C(=O)NS1(=O)=O. The Morgan fingerprint density at radius 3 is 2.70 bits per heavy atom. The average Bonchev–Trinajstić information content (AvgIpc) is 3.11. The number of benzene rings is 2. The van der Waals surface area contributed by atoms with Crippen LogP contribution in [0, 0.1) is 11.8 Å². The number of amides is 2. The normalized spacial score (nSPS) is 24.5. The van der Waals surface area contributed by atoms with Gasteiger partial charge in [-0.25, -0.2) is 13.1 Å². The van der Waals surface area contributed by atoms with Gasteiger partial charge >= 0.3 is 0 Å². The highest BCUT2D eigenvalue weighted by Gasteiger charge is 2.38. The van der Waals surface area contributed by atoms with Crippen LogP contribution in [-0.4, -0.2) is 56.3 Å². The maximum Gasteiger partial charge on any atom is 0.264 e. The first-order valence-electron chi connectivity index (χ1n) is 17.5. The zero-order valence-corrected chi connectivity index (χ0v) is 29.9. The summed E-state index contributed by atoms with van der Waals surface area (Å²) >= 11 is 6.35. The lowest BCUT2D eigenvalue weighted by atomic mass is 9.70. The predicted molar refractivity (Wildman–Crippen MR) is 195 cm³/mol. The number of ether oxygens (including phenoxy) is 2. The number of pyridine rings is 1. The molecule has 2 aliphatic heterocycles. The maximum atomic E-state index is 13.5. The van der Waals surface area contributed by atoms with Crippen molar-refractivity contribution in [3.63, 3.8) is 0 Å². The molecule has 0 spiro atoms. The second kappa shape index (κ2) is 16.4. The number of carbonyl (C=O) groups is 2. The van der Waals surface area contributed by atoms with Crippen molar-refractivity contribution in [3.05, 3.63) is 94.8 Å². The van der Waals surface area contributed by atoms with Gasteiger partial charge in [0.05, 0.1) is 17.0 Å². The number of hydrogen-bond acceptors (Lipinski definition) is 8. The standard InChI is InChI=1S/C38H45ClN4O6S/c1-2-32-8-3-4-9-35(49-25-37(44)41-31-16-18-40-19-17-31)33-14-11-28(33)23-43-20-6-5-7-26-21-30(39)13-10-29(26)24-48-36-15-12-27(22-34(36)43)38(45)42-50(32,46)47/h4,9-10,12-13,15-19,21-22,28,32-33,35H,2-3,5-8,11,14,20,23-25H2,1H3,(H,42,45)(H,40,41,44)/b9-4+/t28-,32+,33+,35-/m0/s1. The number of hydrogen-bond donors (Lipinski definition) is 2. The molecule has 1 aliphatic carbocycles. The van der Waals surface area contributed by atoms with Crippen LogP contribution in [-0.2, 0) is 32.6 Å². The molecule has 2 aromatic carbocycles. The second-order valence-corrected chi connectivity index (χ2v) is 15.8. The first-order valence-corrected chi connectivity index (χ1v) is 19.5. The van der Waals surface area contributed by atoms with Crippen LogP contribution in [0.15, 0.2) is 73.1 Å². The van der Waals surface area contributed by atoms with Crippen molar-refractivity contribution in [1.82, 2.24) is 9.71 Å². The molecular weight excluding hydrogens is 676 g/mol. The van der Waals surface area contributed by atoms with Crippen molar-refractivity contribution in [2.24, 2.45) is 11.8 Å². The maximum absolute atomic E-state index is 13.5. The molecule has 0 saturated heterocycles. The summed E-state index contributed by atoms with van der Waals surface area (Å²) in [5, 5.41) is 2.80. The van der Waals surface area contributed by atoms with E-state index in [1.54, 1.807) is 42.7 Å². The fourth-order valence-electron chi connectivity index (χ4n) is 7.11. The van der Waals surface area contributed by atoms with Crippen LogP contribution >= 0.6 is 11.6 Å². The first kappa shape index (κ1) is 35.9. The number of halogens is 1. The summed E-state index contributed by atoms with van der Waals surface area (Å²) in [5.41, 5.74) is 3.87. The van der Waals surface area contributed by atoms with Gasteiger partial charge in [-0.05, 0) is 117 Å². The number of anilines is 2. The second-order valence-electron chi connectivity index (χ2n) is 13.4. The molecule has 1 saturated carbocycles. The molecule has 10 nitrogen and oxygen atoms in total. The predicted octanol–water partition coefficient (Wildman–Crippen LogP) is 6.70. The third-order valence-electron chi connectivity index (χ3n) is 10.1. The summed E-state index contributed by atoms with van der Waals surface area (Å²) in [4.78, 5) is 32.6. The number of rotatable bonds is 5. The van der Waals surface area contributed by atoms with Crippen LogP contribution in [0.4, 0.5) is 11.4 Å². The van der Waals surface area contributed by atoms with Crippen LogP contribution in [0.5, 0.6) is 5.75 Å². The number of aryl methyl sites for hydroxylation is 1. The van der Waals surface area contributed by atoms with Gasteiger partial charge in [-0.2, -0.15) is 0 Å². The van der Waals surface area contributed by atoms with Crippen molar-refractivity contribution in [2.75, 3.05) is 29.9 Å². The summed E-state index contributed by atoms with van der Waals surface area (Å²) in [6.45, 7) is 3.43. The number of fused-ring (bicyclic) bond motifs is 3. The molecule has 12 heteroatoms. The molecule has 2 bridgehead atoms. The van der Waals surface area contributed by atoms with Crippen molar-refractivity contribution in [1.29, 1.82) is 0 Å². The summed E-state index contributed by atoms with van der Waals surface area (Å²) in [6.07, 6.45) is 12.7. The van der Waals surface area contributed by atoms with E-state index in [1.807, 2.05) is 37.3 Å². The molecule has 50 heavy (non-hydrogen) atoms. The molecule has 1 fully saturated rings. The minimum Gasteiger partial charge on any atom is -0.487 e. The van der Waals surface area contributed by atoms with E-state index in [0.29, 0.717) is 55.4 Å². The van der Waals surface area contributed by atoms with E-state index in [-0.39, 0.29) is 36.0 Å². The zero-order chi connectivity index (χ0) is 35.1. The fourth-order valence-corrected chi connectivity index (χ4v) is 8.73. The molecule has 2 amide bonds. The third kappa shape index (κ3) is 8.86. The van der Waals surface area contributed by atoms with Crippen molar-refractivity contribution >= 4 is 44.8 Å². The molecule has 3 aliphatic rings. The van der Waals surface area contributed by atoms with E-state index in [1.165, 1.54) is 0 Å². The Bertz CT molecular complexity index is 1800. The molecule has 2 N–H and O–H groups in total. The van der Waals surface area contributed by atoms with E-state index in [2.05, 4.69) is 19.9 Å². The van der Waals surface area contributed by atoms with Gasteiger partial charge in [0.15, 0.2) is 0 Å². The average molecular weight is 721 g/mol. The molecule has 1 aromatic heterocycles. The number of nitrogens with one attached hydrogen (secondary N) is 2. The topological polar surface area (TPSA) is 127 Å². The zero-order valence-electron chi connectivity index (χ0n) is 28.4. The minimum absolute atomic E-state index is 0.118. The molecule has 266 valence electrons. The van der Waals surface area contributed by atoms with Gasteiger partial charge < -0.3 is 19.7 Å². The molecule has 4 atom stereocenters. The van der Waals surface area contributed by atoms with Crippen LogP contribution in [0.2, 0.25) is 5.02 Å². The van der Waals surface area contributed by atoms with E-state index in [0.717, 1.165) is 48.9 Å². The van der Waals surface area contributed by atoms with Gasteiger partial charge in [0.25, 0.3) is 5.91 Å². The number of nitrogens with zero attached hydrogens (tertiary/aromatic N) is 2. The van der Waals surface area contributed by atoms with E-state index in [9.17, 15) is 18.0 Å². The lowest BCUT2D eigenvalue weighted by molar-refractivity contribution is -0.124. The van der Waals surface area contributed by atoms with Gasteiger partial charge in [0, 0.05) is 41.8 Å². The van der Waals surface area contributed by atoms with Crippen LogP contribution in [0.3, 0.4) is 0 Å². The Hall–Kier alpha value is -3.93. The number of aromatic nitrogens is 1. The van der Waals surface area contributed by atoms with E-state index < -0.39 is 21.2 Å². The molecule has 0 radical (unpaired) electrons. The Balaban J connectivity index is 1.31. The van der Waals surface area contributed by atoms with E-state index >= 15 is 0 Å². The van der Waals surface area contributed by atoms with Gasteiger partial charge in [0.1, 0.15) is 19.0 Å². The third-order valence-corrected chi connectivity index (χ3v) is 12.2. The molecule has 3 aromatic rings. The summed E-state index contributed by atoms with van der Waals surface area (Å²) in [7, 11) is -3.95. The molecule has 0 unspecified atom stereocenters. The van der Waals surface area contributed by atoms with Crippen LogP contribution in [0.25, 0.3) is 0 Å². The Labute approximate surface area is 299 Å². The summed E-state index contributed by atoms with van der Waals surface area (Å²) < 4.78 is 42.0. The van der Waals surface area contributed by atoms with Crippen molar-refractivity contribution in [2.45, 2.75) is 76.3 Å². The summed E-state index contributed by atoms with van der Waals surface area (Å²) in [6, 6.07) is 14.5. The monoisotopic (exact) mass is 720 g/mol. The Morgan fingerprint density at radius 1 is 1.08 bits per heavy atom. The number of carbonyl (C=O) groups excluding carboxylic acids is 2. The van der Waals surface area contributed by atoms with E-state index in [4.69, 9.17) is 21.1 Å². The number of allylic oxidation sites excluding steroid dienone is 1.